The number of aliphatic hydroxyl groups is 2. The lowest BCUT2D eigenvalue weighted by atomic mass is 9.74. The normalized spacial score (nSPS) is 31.9. The Morgan fingerprint density at radius 1 is 1.14 bits per heavy atom. The van der Waals surface area contributed by atoms with Gasteiger partial charge in [-0.3, -0.25) is 4.79 Å². The molecule has 1 heterocycles. The quantitative estimate of drug-likeness (QED) is 0.700. The topological polar surface area (TPSA) is 92.8 Å². The van der Waals surface area contributed by atoms with Crippen LogP contribution in [-0.4, -0.2) is 40.5 Å². The van der Waals surface area contributed by atoms with Gasteiger partial charge >= 0.3 is 0 Å². The summed E-state index contributed by atoms with van der Waals surface area (Å²) in [5, 5.41) is 19.8. The maximum Gasteiger partial charge on any atom is 0.249 e. The van der Waals surface area contributed by atoms with Gasteiger partial charge in [0.05, 0.1) is 24.4 Å². The van der Waals surface area contributed by atoms with Crippen molar-refractivity contribution in [2.45, 2.75) is 76.9 Å². The highest BCUT2D eigenvalue weighted by molar-refractivity contribution is 5.98. The van der Waals surface area contributed by atoms with Gasteiger partial charge in [-0.25, -0.2) is 0 Å². The summed E-state index contributed by atoms with van der Waals surface area (Å²) in [6.45, 7) is 8.09. The Bertz CT molecular complexity index is 797. The first kappa shape index (κ1) is 22.0. The van der Waals surface area contributed by atoms with Crippen molar-refractivity contribution in [3.05, 3.63) is 41.0 Å². The molecule has 1 aromatic carbocycles. The van der Waals surface area contributed by atoms with Crippen LogP contribution in [0.5, 0.6) is 0 Å². The number of carbonyl (C=O) groups excluding carboxylic acids is 1. The highest BCUT2D eigenvalue weighted by Gasteiger charge is 2.44. The summed E-state index contributed by atoms with van der Waals surface area (Å²) in [5.41, 5.74) is 8.30. The largest absolute Gasteiger partial charge is 0.393 e. The molecule has 4 N–H and O–H groups in total. The Morgan fingerprint density at radius 3 is 2.24 bits per heavy atom. The number of aliphatic hydroxyl groups excluding tert-OH is 2. The zero-order valence-corrected chi connectivity index (χ0v) is 18.1. The molecule has 160 valence electrons. The Balaban J connectivity index is 2.00. The van der Waals surface area contributed by atoms with Crippen molar-refractivity contribution in [1.82, 2.24) is 0 Å². The van der Waals surface area contributed by atoms with Gasteiger partial charge in [0.25, 0.3) is 0 Å². The van der Waals surface area contributed by atoms with Crippen LogP contribution in [0.1, 0.15) is 87.2 Å². The van der Waals surface area contributed by atoms with Gasteiger partial charge in [-0.15, -0.1) is 0 Å². The van der Waals surface area contributed by atoms with Gasteiger partial charge in [-0.2, -0.15) is 0 Å². The minimum absolute atomic E-state index is 0.106. The predicted molar refractivity (Wildman–Crippen MR) is 115 cm³/mol. The van der Waals surface area contributed by atoms with E-state index >= 15 is 0 Å². The second-order valence-corrected chi connectivity index (χ2v) is 10.2. The van der Waals surface area contributed by atoms with E-state index in [1.165, 1.54) is 5.57 Å². The maximum atomic E-state index is 12.1. The minimum Gasteiger partial charge on any atom is -0.393 e. The Hall–Kier alpha value is -1.69. The molecule has 1 fully saturated rings. The highest BCUT2D eigenvalue weighted by Crippen LogP contribution is 2.45. The molecular weight excluding hydrogens is 366 g/mol. The second-order valence-electron chi connectivity index (χ2n) is 10.2. The monoisotopic (exact) mass is 401 g/mol. The zero-order valence-electron chi connectivity index (χ0n) is 18.1. The SMILES string of the molecule is CC1(C)CC=C(c2cc([C@H]3C[C@](C)(CO)O[C@](C)(CO)C3)ccc2C(N)=O)CC1. The summed E-state index contributed by atoms with van der Waals surface area (Å²) < 4.78 is 6.06. The van der Waals surface area contributed by atoms with E-state index in [1.54, 1.807) is 0 Å². The Labute approximate surface area is 174 Å². The maximum absolute atomic E-state index is 12.1. The summed E-state index contributed by atoms with van der Waals surface area (Å²) in [5.74, 6) is -0.302. The van der Waals surface area contributed by atoms with Gasteiger partial charge in [0.2, 0.25) is 5.91 Å². The Kier molecular flexibility index (Phi) is 5.96. The van der Waals surface area contributed by atoms with Crippen molar-refractivity contribution in [2.75, 3.05) is 13.2 Å². The molecule has 5 nitrogen and oxygen atoms in total. The summed E-state index contributed by atoms with van der Waals surface area (Å²) in [6, 6.07) is 5.88. The van der Waals surface area contributed by atoms with E-state index in [-0.39, 0.29) is 24.5 Å². The van der Waals surface area contributed by atoms with E-state index < -0.39 is 17.1 Å². The summed E-state index contributed by atoms with van der Waals surface area (Å²) >= 11 is 0. The smallest absolute Gasteiger partial charge is 0.249 e. The van der Waals surface area contributed by atoms with E-state index in [9.17, 15) is 15.0 Å². The van der Waals surface area contributed by atoms with Gasteiger partial charge < -0.3 is 20.7 Å². The molecular formula is C24H35NO4. The lowest BCUT2D eigenvalue weighted by molar-refractivity contribution is -0.208. The molecule has 2 aliphatic rings. The molecule has 0 saturated carbocycles. The lowest BCUT2D eigenvalue weighted by Gasteiger charge is -2.47. The van der Waals surface area contributed by atoms with Gasteiger partial charge in [-0.05, 0) is 80.1 Å². The molecule has 0 radical (unpaired) electrons. The summed E-state index contributed by atoms with van der Waals surface area (Å²) in [6.07, 6.45) is 6.53. The number of benzene rings is 1. The van der Waals surface area contributed by atoms with Crippen molar-refractivity contribution in [3.8, 4) is 0 Å². The summed E-state index contributed by atoms with van der Waals surface area (Å²) in [4.78, 5) is 12.1. The van der Waals surface area contributed by atoms with Crippen LogP contribution in [-0.2, 0) is 4.74 Å². The number of hydrogen-bond donors (Lipinski definition) is 3. The minimum atomic E-state index is -0.711. The third-order valence-corrected chi connectivity index (χ3v) is 6.62. The van der Waals surface area contributed by atoms with Crippen molar-refractivity contribution >= 4 is 11.5 Å². The molecule has 0 aromatic heterocycles. The van der Waals surface area contributed by atoms with E-state index in [1.807, 2.05) is 26.0 Å². The van der Waals surface area contributed by atoms with Crippen molar-refractivity contribution in [1.29, 1.82) is 0 Å². The van der Waals surface area contributed by atoms with E-state index in [0.29, 0.717) is 18.4 Å². The fourth-order valence-corrected chi connectivity index (χ4v) is 4.84. The molecule has 1 aromatic rings. The molecule has 0 bridgehead atoms. The van der Waals surface area contributed by atoms with Crippen LogP contribution in [0, 0.1) is 5.41 Å². The first-order valence-corrected chi connectivity index (χ1v) is 10.5. The molecule has 1 aliphatic heterocycles. The number of nitrogens with two attached hydrogens (primary N) is 1. The number of hydrogen-bond acceptors (Lipinski definition) is 4. The third kappa shape index (κ3) is 4.73. The molecule has 1 aliphatic carbocycles. The average Bonchev–Trinajstić information content (AvgIpc) is 2.67. The first-order chi connectivity index (χ1) is 13.5. The van der Waals surface area contributed by atoms with E-state index in [2.05, 4.69) is 26.0 Å². The summed E-state index contributed by atoms with van der Waals surface area (Å²) in [7, 11) is 0. The van der Waals surface area contributed by atoms with Crippen molar-refractivity contribution < 1.29 is 19.7 Å². The number of allylic oxidation sites excluding steroid dienone is 2. The fraction of sp³-hybridized carbons (Fsp3) is 0.625. The molecule has 1 saturated heterocycles. The number of rotatable bonds is 5. The van der Waals surface area contributed by atoms with Crippen LogP contribution >= 0.6 is 0 Å². The molecule has 0 unspecified atom stereocenters. The molecule has 3 atom stereocenters. The van der Waals surface area contributed by atoms with Crippen LogP contribution in [0.15, 0.2) is 24.3 Å². The van der Waals surface area contributed by atoms with Crippen LogP contribution in [0.4, 0.5) is 0 Å². The zero-order chi connectivity index (χ0) is 21.4. The van der Waals surface area contributed by atoms with Gasteiger partial charge in [-0.1, -0.05) is 32.1 Å². The van der Waals surface area contributed by atoms with Crippen LogP contribution < -0.4 is 5.73 Å². The number of amides is 1. The fourth-order valence-electron chi connectivity index (χ4n) is 4.84. The molecule has 0 spiro atoms. The number of primary amides is 1. The number of carbonyl (C=O) groups is 1. The van der Waals surface area contributed by atoms with Crippen LogP contribution in [0.2, 0.25) is 0 Å². The molecule has 29 heavy (non-hydrogen) atoms. The standard InChI is InChI=1S/C24H35NO4/c1-22(2)9-7-16(8-10-22)20-11-17(5-6-19(20)21(25)28)18-12-23(3,14-26)29-24(4,13-18)15-27/h5-7,11,18,26-27H,8-10,12-15H2,1-4H3,(H2,25,28)/t18-,23+,24-. The first-order valence-electron chi connectivity index (χ1n) is 10.5. The number of ether oxygens (including phenoxy) is 1. The van der Waals surface area contributed by atoms with E-state index in [0.717, 1.165) is 30.4 Å². The molecule has 5 heteroatoms. The van der Waals surface area contributed by atoms with Gasteiger partial charge in [0.1, 0.15) is 0 Å². The highest BCUT2D eigenvalue weighted by atomic mass is 16.5. The third-order valence-electron chi connectivity index (χ3n) is 6.62. The molecule has 3 rings (SSSR count). The van der Waals surface area contributed by atoms with E-state index in [4.69, 9.17) is 10.5 Å². The Morgan fingerprint density at radius 2 is 1.76 bits per heavy atom. The van der Waals surface area contributed by atoms with Gasteiger partial charge in [0.15, 0.2) is 0 Å². The van der Waals surface area contributed by atoms with Crippen LogP contribution in [0.3, 0.4) is 0 Å². The predicted octanol–water partition coefficient (Wildman–Crippen LogP) is 3.78. The van der Waals surface area contributed by atoms with Gasteiger partial charge in [0, 0.05) is 5.56 Å². The van der Waals surface area contributed by atoms with Crippen molar-refractivity contribution in [3.63, 3.8) is 0 Å². The lowest BCUT2D eigenvalue weighted by Crippen LogP contribution is -2.51. The molecule has 1 amide bonds. The second kappa shape index (κ2) is 7.86. The average molecular weight is 402 g/mol. The van der Waals surface area contributed by atoms with Crippen LogP contribution in [0.25, 0.3) is 5.57 Å². The van der Waals surface area contributed by atoms with Crippen molar-refractivity contribution in [2.24, 2.45) is 11.1 Å².